The fourth-order valence-electron chi connectivity index (χ4n) is 2.70. The number of ether oxygens (including phenoxy) is 4. The first-order valence-corrected chi connectivity index (χ1v) is 9.95. The van der Waals surface area contributed by atoms with Crippen LogP contribution in [-0.2, 0) is 32.2 Å². The molecule has 1 aromatic rings. The number of alkyl carbamates (subject to hydrolysis) is 1. The molecule has 28 heavy (non-hydrogen) atoms. The lowest BCUT2D eigenvalue weighted by molar-refractivity contribution is 0.00819. The van der Waals surface area contributed by atoms with Crippen molar-refractivity contribution >= 4 is 6.09 Å². The van der Waals surface area contributed by atoms with Crippen LogP contribution in [0, 0.1) is 0 Å². The minimum Gasteiger partial charge on any atom is -0.444 e. The lowest BCUT2D eigenvalue weighted by atomic mass is 10.1. The summed E-state index contributed by atoms with van der Waals surface area (Å²) in [6, 6.07) is 8.14. The Morgan fingerprint density at radius 3 is 2.29 bits per heavy atom. The van der Waals surface area contributed by atoms with Crippen molar-refractivity contribution in [1.82, 2.24) is 10.6 Å². The molecule has 1 amide bonds. The predicted octanol–water partition coefficient (Wildman–Crippen LogP) is 2.62. The van der Waals surface area contributed by atoms with Crippen molar-refractivity contribution in [2.24, 2.45) is 0 Å². The summed E-state index contributed by atoms with van der Waals surface area (Å²) in [6.07, 6.45) is 0.994. The molecule has 0 bridgehead atoms. The van der Waals surface area contributed by atoms with Gasteiger partial charge in [0.15, 0.2) is 0 Å². The fraction of sp³-hybridized carbons (Fsp3) is 0.667. The van der Waals surface area contributed by atoms with Gasteiger partial charge in [0.25, 0.3) is 0 Å². The van der Waals surface area contributed by atoms with Gasteiger partial charge in [-0.2, -0.15) is 0 Å². The van der Waals surface area contributed by atoms with Crippen LogP contribution in [0.4, 0.5) is 4.79 Å². The third-order valence-corrected chi connectivity index (χ3v) is 4.07. The van der Waals surface area contributed by atoms with Gasteiger partial charge in [0.1, 0.15) is 5.60 Å². The summed E-state index contributed by atoms with van der Waals surface area (Å²) in [6.45, 7) is 10.7. The molecule has 0 saturated carbocycles. The number of carbonyl (C=O) groups excluding carboxylic acids is 1. The van der Waals surface area contributed by atoms with Crippen LogP contribution in [0.3, 0.4) is 0 Å². The second-order valence-corrected chi connectivity index (χ2v) is 7.84. The zero-order valence-electron chi connectivity index (χ0n) is 17.3. The van der Waals surface area contributed by atoms with Crippen molar-refractivity contribution in [3.63, 3.8) is 0 Å². The molecule has 7 nitrogen and oxygen atoms in total. The Hall–Kier alpha value is -1.67. The number of nitrogens with one attached hydrogen (secondary N) is 2. The van der Waals surface area contributed by atoms with Gasteiger partial charge in [0, 0.05) is 13.1 Å². The first kappa shape index (κ1) is 22.6. The van der Waals surface area contributed by atoms with E-state index in [0.29, 0.717) is 45.7 Å². The number of carbonyl (C=O) groups is 1. The molecule has 0 radical (unpaired) electrons. The van der Waals surface area contributed by atoms with Gasteiger partial charge in [-0.15, -0.1) is 0 Å². The highest BCUT2D eigenvalue weighted by Gasteiger charge is 2.15. The van der Waals surface area contributed by atoms with Gasteiger partial charge in [-0.05, 0) is 44.9 Å². The Bertz CT molecular complexity index is 565. The molecule has 1 saturated heterocycles. The van der Waals surface area contributed by atoms with Crippen molar-refractivity contribution in [2.75, 3.05) is 39.5 Å². The molecule has 0 aliphatic carbocycles. The zero-order valence-corrected chi connectivity index (χ0v) is 17.3. The van der Waals surface area contributed by atoms with Gasteiger partial charge in [-0.25, -0.2) is 4.79 Å². The van der Waals surface area contributed by atoms with Crippen LogP contribution >= 0.6 is 0 Å². The number of rotatable bonds is 11. The number of amides is 1. The molecule has 1 fully saturated rings. The van der Waals surface area contributed by atoms with Crippen LogP contribution in [0.2, 0.25) is 0 Å². The Labute approximate surface area is 168 Å². The van der Waals surface area contributed by atoms with Crippen molar-refractivity contribution in [3.8, 4) is 0 Å². The van der Waals surface area contributed by atoms with E-state index in [0.717, 1.165) is 30.6 Å². The largest absolute Gasteiger partial charge is 0.444 e. The normalized spacial score (nSPS) is 16.9. The summed E-state index contributed by atoms with van der Waals surface area (Å²) in [5, 5.41) is 5.95. The molecular formula is C21H34N2O5. The number of benzene rings is 1. The first-order chi connectivity index (χ1) is 13.4. The Kier molecular flexibility index (Phi) is 9.70. The maximum atomic E-state index is 11.5. The van der Waals surface area contributed by atoms with Crippen molar-refractivity contribution in [2.45, 2.75) is 52.1 Å². The second kappa shape index (κ2) is 12.0. The summed E-state index contributed by atoms with van der Waals surface area (Å²) in [5.41, 5.74) is 1.72. The first-order valence-electron chi connectivity index (χ1n) is 9.95. The van der Waals surface area contributed by atoms with Crippen LogP contribution in [-0.4, -0.2) is 57.3 Å². The van der Waals surface area contributed by atoms with Gasteiger partial charge in [-0.1, -0.05) is 24.3 Å². The molecule has 1 heterocycles. The maximum absolute atomic E-state index is 11.5. The third-order valence-electron chi connectivity index (χ3n) is 4.07. The topological polar surface area (TPSA) is 78.1 Å². The van der Waals surface area contributed by atoms with E-state index in [9.17, 15) is 4.79 Å². The average Bonchev–Trinajstić information content (AvgIpc) is 3.14. The zero-order chi connectivity index (χ0) is 20.2. The number of hydrogen-bond acceptors (Lipinski definition) is 6. The van der Waals surface area contributed by atoms with Gasteiger partial charge in [-0.3, -0.25) is 0 Å². The van der Waals surface area contributed by atoms with Crippen LogP contribution in [0.5, 0.6) is 0 Å². The van der Waals surface area contributed by atoms with Crippen molar-refractivity contribution < 1.29 is 23.7 Å². The van der Waals surface area contributed by atoms with E-state index in [1.54, 1.807) is 0 Å². The molecular weight excluding hydrogens is 360 g/mol. The van der Waals surface area contributed by atoms with E-state index in [1.807, 2.05) is 45.0 Å². The van der Waals surface area contributed by atoms with Gasteiger partial charge >= 0.3 is 6.09 Å². The Morgan fingerprint density at radius 1 is 1.07 bits per heavy atom. The van der Waals surface area contributed by atoms with Crippen LogP contribution in [0.15, 0.2) is 24.3 Å². The molecule has 1 aliphatic rings. The average molecular weight is 395 g/mol. The summed E-state index contributed by atoms with van der Waals surface area (Å²) >= 11 is 0. The summed E-state index contributed by atoms with van der Waals surface area (Å²) in [7, 11) is 0. The highest BCUT2D eigenvalue weighted by atomic mass is 16.6. The Morgan fingerprint density at radius 2 is 1.71 bits per heavy atom. The highest BCUT2D eigenvalue weighted by molar-refractivity contribution is 5.67. The standard InChI is InChI=1S/C21H34N2O5/c1-21(2,3)28-20(24)23-10-11-25-15-17-4-6-18(7-5-17)16-26-12-13-27-19-8-9-22-14-19/h4-7,19,22H,8-16H2,1-3H3,(H,23,24)/t19-/m0/s1. The van der Waals surface area contributed by atoms with E-state index in [-0.39, 0.29) is 0 Å². The van der Waals surface area contributed by atoms with E-state index >= 15 is 0 Å². The van der Waals surface area contributed by atoms with E-state index < -0.39 is 11.7 Å². The second-order valence-electron chi connectivity index (χ2n) is 7.84. The minimum atomic E-state index is -0.489. The van der Waals surface area contributed by atoms with Gasteiger partial charge < -0.3 is 29.6 Å². The summed E-state index contributed by atoms with van der Waals surface area (Å²) < 4.78 is 22.1. The summed E-state index contributed by atoms with van der Waals surface area (Å²) in [5.74, 6) is 0. The van der Waals surface area contributed by atoms with E-state index in [1.165, 1.54) is 0 Å². The molecule has 2 N–H and O–H groups in total. The molecule has 1 aliphatic heterocycles. The molecule has 158 valence electrons. The van der Waals surface area contributed by atoms with Crippen molar-refractivity contribution in [3.05, 3.63) is 35.4 Å². The molecule has 7 heteroatoms. The van der Waals surface area contributed by atoms with Gasteiger partial charge in [0.05, 0.1) is 39.1 Å². The number of hydrogen-bond donors (Lipinski definition) is 2. The van der Waals surface area contributed by atoms with Crippen LogP contribution < -0.4 is 10.6 Å². The predicted molar refractivity (Wildman–Crippen MR) is 107 cm³/mol. The molecule has 1 aromatic carbocycles. The lowest BCUT2D eigenvalue weighted by Crippen LogP contribution is -2.34. The fourth-order valence-corrected chi connectivity index (χ4v) is 2.70. The highest BCUT2D eigenvalue weighted by Crippen LogP contribution is 2.08. The van der Waals surface area contributed by atoms with Crippen LogP contribution in [0.25, 0.3) is 0 Å². The Balaban J connectivity index is 1.50. The lowest BCUT2D eigenvalue weighted by Gasteiger charge is -2.19. The quantitative estimate of drug-likeness (QED) is 0.562. The molecule has 0 unspecified atom stereocenters. The SMILES string of the molecule is CC(C)(C)OC(=O)NCCOCc1ccc(COCCO[C@H]2CCNC2)cc1. The van der Waals surface area contributed by atoms with E-state index in [2.05, 4.69) is 10.6 Å². The van der Waals surface area contributed by atoms with E-state index in [4.69, 9.17) is 18.9 Å². The smallest absolute Gasteiger partial charge is 0.407 e. The minimum absolute atomic E-state index is 0.335. The maximum Gasteiger partial charge on any atom is 0.407 e. The molecule has 0 spiro atoms. The van der Waals surface area contributed by atoms with Crippen molar-refractivity contribution in [1.29, 1.82) is 0 Å². The third kappa shape index (κ3) is 10.0. The van der Waals surface area contributed by atoms with Gasteiger partial charge in [0.2, 0.25) is 0 Å². The van der Waals surface area contributed by atoms with Crippen LogP contribution in [0.1, 0.15) is 38.3 Å². The monoisotopic (exact) mass is 394 g/mol. The molecule has 0 aromatic heterocycles. The molecule has 1 atom stereocenters. The summed E-state index contributed by atoms with van der Waals surface area (Å²) in [4.78, 5) is 11.5. The molecule has 2 rings (SSSR count).